The highest BCUT2D eigenvalue weighted by Gasteiger charge is 2.39. The number of nitrogens with zero attached hydrogens (tertiary/aromatic N) is 1. The zero-order valence-electron chi connectivity index (χ0n) is 22.6. The second-order valence-corrected chi connectivity index (χ2v) is 9.95. The average molecular weight is 538 g/mol. The van der Waals surface area contributed by atoms with E-state index in [1.54, 1.807) is 13.8 Å². The van der Waals surface area contributed by atoms with Gasteiger partial charge >= 0.3 is 0 Å². The Morgan fingerprint density at radius 3 is 2.33 bits per heavy atom. The number of allylic oxidation sites excluding steroid dienone is 11. The number of aliphatic hydroxyl groups is 2. The van der Waals surface area contributed by atoms with Crippen LogP contribution in [0.3, 0.4) is 0 Å². The molecule has 1 aliphatic carbocycles. The quantitative estimate of drug-likeness (QED) is 0.171. The van der Waals surface area contributed by atoms with Crippen molar-refractivity contribution in [2.75, 3.05) is 19.7 Å². The van der Waals surface area contributed by atoms with Crippen molar-refractivity contribution in [3.8, 4) is 0 Å². The standard InChI is InChI=1S/C30H39N3O6/c1-30(2,22-34)27(37)28(38)32-19-17-25(35)31-18-13-10-14-20-33-26(36)21-24(29(33)39)23-15-11-8-6-4-3-5-7-9-12-16-23/h3-9,11-12,15-17,19,24,27,34,37H,10,13-14,18,20-22H2,1-2H3,(H,31,35)(H,32,38)/b4-3-,5-3?,6-4?,7-5-,8-6-,9-7?,11-8?,12-9-,15-11?,16-12?,19-17+,23-15?,23-16?/t24?,27-/m0/s1. The summed E-state index contributed by atoms with van der Waals surface area (Å²) < 4.78 is 0. The van der Waals surface area contributed by atoms with Crippen LogP contribution < -0.4 is 10.6 Å². The Morgan fingerprint density at radius 1 is 1.03 bits per heavy atom. The van der Waals surface area contributed by atoms with Crippen LogP contribution in [0, 0.1) is 11.3 Å². The number of imide groups is 1. The second-order valence-electron chi connectivity index (χ2n) is 9.95. The normalized spacial score (nSPS) is 22.0. The molecule has 0 aromatic heterocycles. The molecule has 4 amide bonds. The van der Waals surface area contributed by atoms with Gasteiger partial charge in [0.25, 0.3) is 5.91 Å². The Hall–Kier alpha value is -3.82. The maximum Gasteiger partial charge on any atom is 0.253 e. The maximum atomic E-state index is 13.0. The molecule has 0 aromatic carbocycles. The molecular formula is C30H39N3O6. The van der Waals surface area contributed by atoms with Crippen molar-refractivity contribution in [3.05, 3.63) is 84.7 Å². The van der Waals surface area contributed by atoms with Crippen molar-refractivity contribution in [1.29, 1.82) is 0 Å². The summed E-state index contributed by atoms with van der Waals surface area (Å²) in [5, 5.41) is 24.1. The van der Waals surface area contributed by atoms with Crippen molar-refractivity contribution in [1.82, 2.24) is 15.5 Å². The molecule has 9 nitrogen and oxygen atoms in total. The first-order chi connectivity index (χ1) is 18.7. The van der Waals surface area contributed by atoms with Crippen molar-refractivity contribution >= 4 is 23.6 Å². The van der Waals surface area contributed by atoms with E-state index in [0.29, 0.717) is 32.4 Å². The topological polar surface area (TPSA) is 136 Å². The molecule has 1 aliphatic heterocycles. The number of nitrogens with one attached hydrogen (secondary N) is 2. The minimum atomic E-state index is -1.42. The first-order valence-electron chi connectivity index (χ1n) is 13.1. The first-order valence-corrected chi connectivity index (χ1v) is 13.1. The van der Waals surface area contributed by atoms with Gasteiger partial charge in [-0.2, -0.15) is 0 Å². The minimum Gasteiger partial charge on any atom is -0.396 e. The molecule has 39 heavy (non-hydrogen) atoms. The number of amides is 4. The van der Waals surface area contributed by atoms with E-state index in [2.05, 4.69) is 10.6 Å². The predicted octanol–water partition coefficient (Wildman–Crippen LogP) is 2.38. The maximum absolute atomic E-state index is 13.0. The summed E-state index contributed by atoms with van der Waals surface area (Å²) in [7, 11) is 0. The Morgan fingerprint density at radius 2 is 1.67 bits per heavy atom. The Labute approximate surface area is 230 Å². The van der Waals surface area contributed by atoms with E-state index in [4.69, 9.17) is 0 Å². The third-order valence-corrected chi connectivity index (χ3v) is 6.33. The third-order valence-electron chi connectivity index (χ3n) is 6.33. The summed E-state index contributed by atoms with van der Waals surface area (Å²) in [4.78, 5) is 50.7. The first kappa shape index (κ1) is 31.4. The van der Waals surface area contributed by atoms with Crippen LogP contribution in [0.4, 0.5) is 0 Å². The number of unbranched alkanes of at least 4 members (excludes halogenated alkanes) is 2. The molecule has 0 radical (unpaired) electrons. The summed E-state index contributed by atoms with van der Waals surface area (Å²) in [5.74, 6) is -2.00. The smallest absolute Gasteiger partial charge is 0.253 e. The molecule has 1 heterocycles. The lowest BCUT2D eigenvalue weighted by Crippen LogP contribution is -2.44. The lowest BCUT2D eigenvalue weighted by Gasteiger charge is -2.26. The van der Waals surface area contributed by atoms with Crippen LogP contribution in [0.2, 0.25) is 0 Å². The van der Waals surface area contributed by atoms with Gasteiger partial charge in [-0.15, -0.1) is 0 Å². The van der Waals surface area contributed by atoms with Gasteiger partial charge in [-0.05, 0) is 24.8 Å². The summed E-state index contributed by atoms with van der Waals surface area (Å²) >= 11 is 0. The third kappa shape index (κ3) is 10.5. The molecule has 0 saturated carbocycles. The van der Waals surface area contributed by atoms with Crippen LogP contribution in [-0.4, -0.2) is 64.5 Å². The molecule has 1 fully saturated rings. The van der Waals surface area contributed by atoms with E-state index >= 15 is 0 Å². The fourth-order valence-electron chi connectivity index (χ4n) is 3.81. The SMILES string of the molecule is CC(C)(CO)[C@@H](O)C(=O)N/C=C/C(=O)NCCCCCN1C(=O)CC(C2=C\C=C/C=C\C=C/C=C\C=C2)C1=O. The van der Waals surface area contributed by atoms with Gasteiger partial charge in [0, 0.05) is 37.2 Å². The Kier molecular flexibility index (Phi) is 13.1. The zero-order chi connectivity index (χ0) is 28.7. The highest BCUT2D eigenvalue weighted by atomic mass is 16.3. The van der Waals surface area contributed by atoms with Crippen molar-refractivity contribution < 1.29 is 29.4 Å². The van der Waals surface area contributed by atoms with E-state index in [0.717, 1.165) is 17.8 Å². The molecule has 0 bridgehead atoms. The summed E-state index contributed by atoms with van der Waals surface area (Å²) in [6.45, 7) is 3.45. The molecule has 2 atom stereocenters. The van der Waals surface area contributed by atoms with Gasteiger partial charge in [0.2, 0.25) is 17.7 Å². The second kappa shape index (κ2) is 16.2. The number of carbonyl (C=O) groups is 4. The Bertz CT molecular complexity index is 1090. The van der Waals surface area contributed by atoms with Gasteiger partial charge in [-0.3, -0.25) is 24.1 Å². The highest BCUT2D eigenvalue weighted by Crippen LogP contribution is 2.28. The summed E-state index contributed by atoms with van der Waals surface area (Å²) in [6.07, 6.45) is 23.7. The van der Waals surface area contributed by atoms with Gasteiger partial charge in [0.1, 0.15) is 6.10 Å². The lowest BCUT2D eigenvalue weighted by molar-refractivity contribution is -0.139. The molecule has 1 unspecified atom stereocenters. The number of hydrogen-bond acceptors (Lipinski definition) is 6. The van der Waals surface area contributed by atoms with E-state index in [9.17, 15) is 29.4 Å². The summed E-state index contributed by atoms with van der Waals surface area (Å²) in [5.41, 5.74) is -0.217. The molecule has 1 saturated heterocycles. The fraction of sp³-hybridized carbons (Fsp3) is 0.400. The van der Waals surface area contributed by atoms with Crippen LogP contribution in [0.1, 0.15) is 39.5 Å². The van der Waals surface area contributed by atoms with E-state index in [-0.39, 0.29) is 24.8 Å². The van der Waals surface area contributed by atoms with Crippen molar-refractivity contribution in [3.63, 3.8) is 0 Å². The number of rotatable bonds is 12. The predicted molar refractivity (Wildman–Crippen MR) is 150 cm³/mol. The molecular weight excluding hydrogens is 498 g/mol. The van der Waals surface area contributed by atoms with Gasteiger partial charge in [-0.1, -0.05) is 80.7 Å². The van der Waals surface area contributed by atoms with Gasteiger partial charge in [-0.25, -0.2) is 0 Å². The number of likely N-dealkylation sites (tertiary alicyclic amines) is 1. The lowest BCUT2D eigenvalue weighted by atomic mass is 9.87. The monoisotopic (exact) mass is 537 g/mol. The van der Waals surface area contributed by atoms with Crippen molar-refractivity contribution in [2.24, 2.45) is 11.3 Å². The van der Waals surface area contributed by atoms with Crippen LogP contribution in [0.5, 0.6) is 0 Å². The van der Waals surface area contributed by atoms with Crippen LogP contribution in [0.25, 0.3) is 0 Å². The van der Waals surface area contributed by atoms with E-state index < -0.39 is 29.3 Å². The largest absolute Gasteiger partial charge is 0.396 e. The number of hydrogen-bond donors (Lipinski definition) is 4. The molecule has 2 rings (SSSR count). The van der Waals surface area contributed by atoms with Crippen LogP contribution in [0.15, 0.2) is 84.7 Å². The molecule has 210 valence electrons. The summed E-state index contributed by atoms with van der Waals surface area (Å²) in [6, 6.07) is 0. The molecule has 2 aliphatic rings. The molecule has 9 heteroatoms. The van der Waals surface area contributed by atoms with Gasteiger partial charge < -0.3 is 20.8 Å². The van der Waals surface area contributed by atoms with Gasteiger partial charge in [0.15, 0.2) is 0 Å². The van der Waals surface area contributed by atoms with Gasteiger partial charge in [0.05, 0.1) is 12.5 Å². The van der Waals surface area contributed by atoms with E-state index in [1.807, 2.05) is 66.8 Å². The number of carbonyl (C=O) groups excluding carboxylic acids is 4. The molecule has 0 spiro atoms. The zero-order valence-corrected chi connectivity index (χ0v) is 22.6. The molecule has 0 aromatic rings. The van der Waals surface area contributed by atoms with Crippen LogP contribution in [-0.2, 0) is 19.2 Å². The van der Waals surface area contributed by atoms with Crippen LogP contribution >= 0.6 is 0 Å². The molecule has 4 N–H and O–H groups in total. The Balaban J connectivity index is 1.73. The minimum absolute atomic E-state index is 0.149. The highest BCUT2D eigenvalue weighted by molar-refractivity contribution is 6.05. The van der Waals surface area contributed by atoms with E-state index in [1.165, 1.54) is 4.90 Å². The fourth-order valence-corrected chi connectivity index (χ4v) is 3.81. The van der Waals surface area contributed by atoms with Crippen molar-refractivity contribution in [2.45, 2.75) is 45.6 Å². The number of aliphatic hydroxyl groups excluding tert-OH is 2. The average Bonchev–Trinajstić information content (AvgIpc) is 3.18.